The van der Waals surface area contributed by atoms with Gasteiger partial charge in [0.2, 0.25) is 5.91 Å². The zero-order valence-electron chi connectivity index (χ0n) is 17.7. The maximum Gasteiger partial charge on any atom is 0.276 e. The van der Waals surface area contributed by atoms with Gasteiger partial charge in [-0.3, -0.25) is 19.1 Å². The van der Waals surface area contributed by atoms with Crippen LogP contribution in [0.2, 0.25) is 5.02 Å². The highest BCUT2D eigenvalue weighted by atomic mass is 35.5. The van der Waals surface area contributed by atoms with Crippen molar-refractivity contribution >= 4 is 35.0 Å². The smallest absolute Gasteiger partial charge is 0.276 e. The number of amides is 3. The fourth-order valence-electron chi connectivity index (χ4n) is 4.19. The molecule has 1 atom stereocenters. The van der Waals surface area contributed by atoms with Crippen molar-refractivity contribution in [1.29, 1.82) is 0 Å². The molecule has 1 aliphatic heterocycles. The van der Waals surface area contributed by atoms with Gasteiger partial charge in [0.25, 0.3) is 11.8 Å². The van der Waals surface area contributed by atoms with Crippen LogP contribution in [0.15, 0.2) is 30.3 Å². The lowest BCUT2D eigenvalue weighted by molar-refractivity contribution is -0.133. The molecular weight excluding hydrogens is 418 g/mol. The highest BCUT2D eigenvalue weighted by molar-refractivity contribution is 6.31. The molecule has 1 fully saturated rings. The Morgan fingerprint density at radius 3 is 2.65 bits per heavy atom. The lowest BCUT2D eigenvalue weighted by Gasteiger charge is -2.41. The van der Waals surface area contributed by atoms with Crippen molar-refractivity contribution in [3.63, 3.8) is 0 Å². The van der Waals surface area contributed by atoms with Crippen LogP contribution in [0, 0.1) is 0 Å². The average molecular weight is 444 g/mol. The Hall–Kier alpha value is -2.87. The quantitative estimate of drug-likeness (QED) is 0.758. The predicted octanol–water partition coefficient (Wildman–Crippen LogP) is 3.08. The third kappa shape index (κ3) is 4.17. The highest BCUT2D eigenvalue weighted by Gasteiger charge is 2.46. The van der Waals surface area contributed by atoms with Gasteiger partial charge in [-0.1, -0.05) is 36.9 Å². The fraction of sp³-hybridized carbons (Fsp3) is 0.455. The molecule has 2 N–H and O–H groups in total. The average Bonchev–Trinajstić information content (AvgIpc) is 3.17. The number of hydrogen-bond donors (Lipinski definition) is 2. The van der Waals surface area contributed by atoms with Gasteiger partial charge in [-0.15, -0.1) is 0 Å². The normalized spacial score (nSPS) is 21.5. The lowest BCUT2D eigenvalue weighted by atomic mass is 9.92. The summed E-state index contributed by atoms with van der Waals surface area (Å²) in [6.07, 6.45) is 5.31. The van der Waals surface area contributed by atoms with Crippen LogP contribution in [0.3, 0.4) is 0 Å². The van der Waals surface area contributed by atoms with E-state index in [1.165, 1.54) is 22.1 Å². The molecule has 2 aliphatic rings. The number of anilines is 1. The second-order valence-electron chi connectivity index (χ2n) is 8.48. The largest absolute Gasteiger partial charge is 0.351 e. The monoisotopic (exact) mass is 443 g/mol. The van der Waals surface area contributed by atoms with Gasteiger partial charge >= 0.3 is 0 Å². The number of halogens is 1. The van der Waals surface area contributed by atoms with E-state index in [0.29, 0.717) is 10.7 Å². The molecule has 1 saturated carbocycles. The molecular formula is C22H26ClN5O3. The molecule has 9 heteroatoms. The van der Waals surface area contributed by atoms with Gasteiger partial charge in [-0.2, -0.15) is 5.10 Å². The fourth-order valence-corrected chi connectivity index (χ4v) is 4.38. The number of rotatable bonds is 4. The molecule has 0 saturated heterocycles. The van der Waals surface area contributed by atoms with Gasteiger partial charge in [-0.25, -0.2) is 0 Å². The second-order valence-corrected chi connectivity index (χ2v) is 8.92. The van der Waals surface area contributed by atoms with E-state index in [0.717, 1.165) is 25.7 Å². The summed E-state index contributed by atoms with van der Waals surface area (Å²) in [6.45, 7) is 1.91. The molecule has 164 valence electrons. The van der Waals surface area contributed by atoms with Gasteiger partial charge in [0.1, 0.15) is 11.2 Å². The minimum atomic E-state index is -1.09. The summed E-state index contributed by atoms with van der Waals surface area (Å²) >= 11 is 5.96. The van der Waals surface area contributed by atoms with E-state index in [2.05, 4.69) is 15.7 Å². The standard InChI is InChI=1S/C22H26ClN5O3/c1-22(21(31)25-15-8-4-3-5-9-15)13-28-18(20(30)27(22)2)12-17(26-28)19(29)24-16-10-6-7-14(23)11-16/h6-7,10-12,15H,3-5,8-9,13H2,1-2H3,(H,24,29)(H,25,31). The van der Waals surface area contributed by atoms with Crippen LogP contribution in [-0.4, -0.2) is 51.0 Å². The van der Waals surface area contributed by atoms with Gasteiger partial charge in [0.15, 0.2) is 5.69 Å². The van der Waals surface area contributed by atoms with Crippen LogP contribution in [0.25, 0.3) is 0 Å². The summed E-state index contributed by atoms with van der Waals surface area (Å²) in [7, 11) is 1.62. The lowest BCUT2D eigenvalue weighted by Crippen LogP contribution is -2.63. The molecule has 0 radical (unpaired) electrons. The van der Waals surface area contributed by atoms with Crippen LogP contribution >= 0.6 is 11.6 Å². The van der Waals surface area contributed by atoms with E-state index in [1.807, 2.05) is 0 Å². The van der Waals surface area contributed by atoms with Crippen molar-refractivity contribution in [2.75, 3.05) is 12.4 Å². The molecule has 2 aromatic rings. The van der Waals surface area contributed by atoms with E-state index >= 15 is 0 Å². The number of benzene rings is 1. The van der Waals surface area contributed by atoms with Crippen molar-refractivity contribution in [2.45, 2.75) is 57.2 Å². The molecule has 1 aromatic carbocycles. The molecule has 2 heterocycles. The summed E-state index contributed by atoms with van der Waals surface area (Å²) in [4.78, 5) is 40.2. The third-order valence-corrected chi connectivity index (χ3v) is 6.48. The van der Waals surface area contributed by atoms with Crippen LogP contribution < -0.4 is 10.6 Å². The predicted molar refractivity (Wildman–Crippen MR) is 117 cm³/mol. The Kier molecular flexibility index (Phi) is 5.75. The zero-order chi connectivity index (χ0) is 22.2. The van der Waals surface area contributed by atoms with Gasteiger partial charge < -0.3 is 15.5 Å². The van der Waals surface area contributed by atoms with Crippen molar-refractivity contribution in [3.05, 3.63) is 46.7 Å². The Balaban J connectivity index is 1.53. The van der Waals surface area contributed by atoms with Gasteiger partial charge in [0.05, 0.1) is 6.54 Å². The molecule has 1 aliphatic carbocycles. The first-order chi connectivity index (χ1) is 14.8. The van der Waals surface area contributed by atoms with Gasteiger partial charge in [0, 0.05) is 29.9 Å². The van der Waals surface area contributed by atoms with Crippen LogP contribution in [0.5, 0.6) is 0 Å². The Morgan fingerprint density at radius 2 is 1.94 bits per heavy atom. The maximum atomic E-state index is 13.1. The first-order valence-electron chi connectivity index (χ1n) is 10.5. The number of carbonyl (C=O) groups excluding carboxylic acids is 3. The van der Waals surface area contributed by atoms with Crippen LogP contribution in [-0.2, 0) is 11.3 Å². The molecule has 31 heavy (non-hydrogen) atoms. The third-order valence-electron chi connectivity index (χ3n) is 6.25. The number of fused-ring (bicyclic) bond motifs is 1. The minimum Gasteiger partial charge on any atom is -0.351 e. The zero-order valence-corrected chi connectivity index (χ0v) is 18.4. The summed E-state index contributed by atoms with van der Waals surface area (Å²) < 4.78 is 1.45. The summed E-state index contributed by atoms with van der Waals surface area (Å²) in [5.74, 6) is -0.990. The van der Waals surface area contributed by atoms with Crippen molar-refractivity contribution in [2.24, 2.45) is 0 Å². The molecule has 0 bridgehead atoms. The topological polar surface area (TPSA) is 96.3 Å². The Bertz CT molecular complexity index is 1030. The van der Waals surface area contributed by atoms with Crippen molar-refractivity contribution in [1.82, 2.24) is 20.0 Å². The molecule has 0 spiro atoms. The first kappa shape index (κ1) is 21.4. The Morgan fingerprint density at radius 1 is 1.19 bits per heavy atom. The van der Waals surface area contributed by atoms with Crippen molar-refractivity contribution in [3.8, 4) is 0 Å². The number of nitrogens with one attached hydrogen (secondary N) is 2. The van der Waals surface area contributed by atoms with E-state index in [-0.39, 0.29) is 35.8 Å². The number of aromatic nitrogens is 2. The molecule has 1 unspecified atom stereocenters. The molecule has 1 aromatic heterocycles. The minimum absolute atomic E-state index is 0.105. The van der Waals surface area contributed by atoms with E-state index in [1.54, 1.807) is 38.2 Å². The Labute approximate surface area is 185 Å². The first-order valence-corrected chi connectivity index (χ1v) is 10.9. The van der Waals surface area contributed by atoms with E-state index < -0.39 is 11.4 Å². The summed E-state index contributed by atoms with van der Waals surface area (Å²) in [5, 5.41) is 10.7. The second kappa shape index (κ2) is 8.34. The molecule has 3 amide bonds. The summed E-state index contributed by atoms with van der Waals surface area (Å²) in [5.41, 5.74) is -0.173. The van der Waals surface area contributed by atoms with Crippen LogP contribution in [0.1, 0.15) is 60.0 Å². The number of carbonyl (C=O) groups is 3. The number of likely N-dealkylation sites (N-methyl/N-ethyl adjacent to an activating group) is 1. The molecule has 4 rings (SSSR count). The molecule has 8 nitrogen and oxygen atoms in total. The SMILES string of the molecule is CN1C(=O)c2cc(C(=O)Nc3cccc(Cl)c3)nn2CC1(C)C(=O)NC1CCCCC1. The number of hydrogen-bond acceptors (Lipinski definition) is 4. The van der Waals surface area contributed by atoms with Gasteiger partial charge in [-0.05, 0) is 38.0 Å². The highest BCUT2D eigenvalue weighted by Crippen LogP contribution is 2.27. The summed E-state index contributed by atoms with van der Waals surface area (Å²) in [6, 6.07) is 8.37. The van der Waals surface area contributed by atoms with Crippen LogP contribution in [0.4, 0.5) is 5.69 Å². The van der Waals surface area contributed by atoms with Crippen molar-refractivity contribution < 1.29 is 14.4 Å². The number of nitrogens with zero attached hydrogens (tertiary/aromatic N) is 3. The van der Waals surface area contributed by atoms with E-state index in [4.69, 9.17) is 11.6 Å². The van der Waals surface area contributed by atoms with E-state index in [9.17, 15) is 14.4 Å². The maximum absolute atomic E-state index is 13.1.